The van der Waals surface area contributed by atoms with Gasteiger partial charge >= 0.3 is 0 Å². The van der Waals surface area contributed by atoms with Gasteiger partial charge in [0, 0.05) is 5.56 Å². The first kappa shape index (κ1) is 11.6. The Labute approximate surface area is 101 Å². The summed E-state index contributed by atoms with van der Waals surface area (Å²) >= 11 is 0. The van der Waals surface area contributed by atoms with Gasteiger partial charge in [-0.25, -0.2) is 0 Å². The van der Waals surface area contributed by atoms with E-state index in [0.717, 1.165) is 24.7 Å². The van der Waals surface area contributed by atoms with Gasteiger partial charge in [0.15, 0.2) is 0 Å². The van der Waals surface area contributed by atoms with Crippen LogP contribution in [-0.4, -0.2) is 11.4 Å². The van der Waals surface area contributed by atoms with Crippen LogP contribution in [0, 0.1) is 0 Å². The zero-order chi connectivity index (χ0) is 12.1. The van der Waals surface area contributed by atoms with Crippen LogP contribution in [0.15, 0.2) is 35.9 Å². The molecule has 0 heterocycles. The van der Waals surface area contributed by atoms with Crippen LogP contribution in [0.1, 0.15) is 41.6 Å². The van der Waals surface area contributed by atoms with E-state index < -0.39 is 0 Å². The van der Waals surface area contributed by atoms with E-state index in [1.165, 1.54) is 24.5 Å². The second kappa shape index (κ2) is 5.48. The third-order valence-corrected chi connectivity index (χ3v) is 2.91. The first-order valence-corrected chi connectivity index (χ1v) is 5.94. The fraction of sp³-hybridized carbons (Fsp3) is 0.267. The second-order valence-electron chi connectivity index (χ2n) is 4.33. The lowest BCUT2D eigenvalue weighted by atomic mass is 9.98. The number of phenols is 1. The Bertz CT molecular complexity index is 470. The number of carbonyl (C=O) groups is 1. The first-order chi connectivity index (χ1) is 8.28. The van der Waals surface area contributed by atoms with Gasteiger partial charge in [0.05, 0.1) is 0 Å². The third kappa shape index (κ3) is 3.31. The van der Waals surface area contributed by atoms with Crippen molar-refractivity contribution in [1.82, 2.24) is 0 Å². The number of phenolic OH excluding ortho intramolecular Hbond substituents is 1. The summed E-state index contributed by atoms with van der Waals surface area (Å²) in [5.41, 5.74) is 2.70. The minimum Gasteiger partial charge on any atom is -0.508 e. The monoisotopic (exact) mass is 228 g/mol. The van der Waals surface area contributed by atoms with Gasteiger partial charge in [-0.1, -0.05) is 23.8 Å². The van der Waals surface area contributed by atoms with Crippen molar-refractivity contribution < 1.29 is 9.90 Å². The number of benzene rings is 1. The maximum absolute atomic E-state index is 10.7. The van der Waals surface area contributed by atoms with Crippen molar-refractivity contribution in [2.24, 2.45) is 0 Å². The van der Waals surface area contributed by atoms with Gasteiger partial charge in [-0.05, 0) is 49.4 Å². The van der Waals surface area contributed by atoms with Crippen LogP contribution in [0.25, 0.3) is 6.08 Å². The average Bonchev–Trinajstić information content (AvgIpc) is 2.37. The summed E-state index contributed by atoms with van der Waals surface area (Å²) in [4.78, 5) is 10.7. The summed E-state index contributed by atoms with van der Waals surface area (Å²) in [5, 5.41) is 9.45. The molecule has 0 unspecified atom stereocenters. The Kier molecular flexibility index (Phi) is 3.76. The van der Waals surface area contributed by atoms with E-state index in [9.17, 15) is 9.90 Å². The van der Waals surface area contributed by atoms with Crippen molar-refractivity contribution in [3.8, 4) is 5.75 Å². The van der Waals surface area contributed by atoms with Crippen molar-refractivity contribution >= 4 is 12.4 Å². The molecule has 88 valence electrons. The van der Waals surface area contributed by atoms with E-state index in [4.69, 9.17) is 0 Å². The standard InChI is InChI=1S/C15H16O2/c16-11-14-8-13(9-15(17)10-14)7-6-12-4-2-1-3-5-12/h4,6-11,17H,1-3,5H2/b7-6+. The lowest BCUT2D eigenvalue weighted by molar-refractivity contribution is 0.112. The number of rotatable bonds is 3. The predicted molar refractivity (Wildman–Crippen MR) is 69.1 cm³/mol. The number of hydrogen-bond donors (Lipinski definition) is 1. The van der Waals surface area contributed by atoms with E-state index in [0.29, 0.717) is 5.56 Å². The average molecular weight is 228 g/mol. The van der Waals surface area contributed by atoms with Crippen LogP contribution < -0.4 is 0 Å². The van der Waals surface area contributed by atoms with Crippen LogP contribution in [0.3, 0.4) is 0 Å². The fourth-order valence-corrected chi connectivity index (χ4v) is 2.04. The van der Waals surface area contributed by atoms with Gasteiger partial charge in [-0.2, -0.15) is 0 Å². The minimum absolute atomic E-state index is 0.131. The summed E-state index contributed by atoms with van der Waals surface area (Å²) in [7, 11) is 0. The highest BCUT2D eigenvalue weighted by Crippen LogP contribution is 2.21. The van der Waals surface area contributed by atoms with E-state index >= 15 is 0 Å². The van der Waals surface area contributed by atoms with E-state index in [2.05, 4.69) is 12.2 Å². The lowest BCUT2D eigenvalue weighted by Crippen LogP contribution is -1.88. The van der Waals surface area contributed by atoms with Gasteiger partial charge < -0.3 is 5.11 Å². The number of aromatic hydroxyl groups is 1. The molecule has 2 heteroatoms. The van der Waals surface area contributed by atoms with E-state index in [1.807, 2.05) is 6.08 Å². The van der Waals surface area contributed by atoms with Crippen molar-refractivity contribution in [2.45, 2.75) is 25.7 Å². The third-order valence-electron chi connectivity index (χ3n) is 2.91. The molecule has 1 aromatic rings. The number of hydrogen-bond acceptors (Lipinski definition) is 2. The second-order valence-corrected chi connectivity index (χ2v) is 4.33. The molecular formula is C15H16O2. The maximum atomic E-state index is 10.7. The molecule has 0 fully saturated rings. The molecule has 2 nitrogen and oxygen atoms in total. The summed E-state index contributed by atoms with van der Waals surface area (Å²) in [6.07, 6.45) is 11.8. The zero-order valence-corrected chi connectivity index (χ0v) is 9.73. The quantitative estimate of drug-likeness (QED) is 0.800. The molecule has 0 aromatic heterocycles. The lowest BCUT2D eigenvalue weighted by Gasteiger charge is -2.08. The van der Waals surface area contributed by atoms with Crippen molar-refractivity contribution in [3.63, 3.8) is 0 Å². The molecule has 0 saturated heterocycles. The highest BCUT2D eigenvalue weighted by Gasteiger charge is 2.00. The summed E-state index contributed by atoms with van der Waals surface area (Å²) in [6.45, 7) is 0. The van der Waals surface area contributed by atoms with Crippen LogP contribution in [-0.2, 0) is 0 Å². The molecule has 0 bridgehead atoms. The molecule has 1 aromatic carbocycles. The van der Waals surface area contributed by atoms with Crippen molar-refractivity contribution in [2.75, 3.05) is 0 Å². The molecule has 17 heavy (non-hydrogen) atoms. The molecule has 1 N–H and O–H groups in total. The zero-order valence-electron chi connectivity index (χ0n) is 9.73. The van der Waals surface area contributed by atoms with Crippen molar-refractivity contribution in [3.05, 3.63) is 47.1 Å². The Morgan fingerprint density at radius 2 is 1.88 bits per heavy atom. The Morgan fingerprint density at radius 3 is 2.59 bits per heavy atom. The molecular weight excluding hydrogens is 212 g/mol. The molecule has 0 spiro atoms. The highest BCUT2D eigenvalue weighted by atomic mass is 16.3. The molecule has 0 saturated carbocycles. The molecule has 0 atom stereocenters. The van der Waals surface area contributed by atoms with Gasteiger partial charge in [-0.15, -0.1) is 0 Å². The molecule has 0 amide bonds. The number of aldehydes is 1. The molecule has 2 rings (SSSR count). The summed E-state index contributed by atoms with van der Waals surface area (Å²) < 4.78 is 0. The Hall–Kier alpha value is -1.83. The van der Waals surface area contributed by atoms with Crippen LogP contribution >= 0.6 is 0 Å². The number of carbonyl (C=O) groups excluding carboxylic acids is 1. The van der Waals surface area contributed by atoms with Gasteiger partial charge in [0.2, 0.25) is 0 Å². The Morgan fingerprint density at radius 1 is 1.06 bits per heavy atom. The minimum atomic E-state index is 0.131. The smallest absolute Gasteiger partial charge is 0.150 e. The maximum Gasteiger partial charge on any atom is 0.150 e. The normalized spacial score (nSPS) is 15.9. The molecule has 1 aliphatic rings. The van der Waals surface area contributed by atoms with Gasteiger partial charge in [0.25, 0.3) is 0 Å². The predicted octanol–water partition coefficient (Wildman–Crippen LogP) is 3.72. The number of allylic oxidation sites excluding steroid dienone is 3. The van der Waals surface area contributed by atoms with E-state index in [1.54, 1.807) is 12.1 Å². The van der Waals surface area contributed by atoms with Gasteiger partial charge in [-0.3, -0.25) is 4.79 Å². The molecule has 0 aliphatic heterocycles. The van der Waals surface area contributed by atoms with Gasteiger partial charge in [0.1, 0.15) is 12.0 Å². The topological polar surface area (TPSA) is 37.3 Å². The Balaban J connectivity index is 2.17. The summed E-state index contributed by atoms with van der Waals surface area (Å²) in [6, 6.07) is 4.89. The van der Waals surface area contributed by atoms with Crippen LogP contribution in [0.2, 0.25) is 0 Å². The van der Waals surface area contributed by atoms with Crippen LogP contribution in [0.4, 0.5) is 0 Å². The summed E-state index contributed by atoms with van der Waals surface area (Å²) in [5.74, 6) is 0.131. The molecule has 1 aliphatic carbocycles. The van der Waals surface area contributed by atoms with E-state index in [-0.39, 0.29) is 5.75 Å². The SMILES string of the molecule is O=Cc1cc(O)cc(/C=C/C2=CCCCC2)c1. The fourth-order valence-electron chi connectivity index (χ4n) is 2.04. The van der Waals surface area contributed by atoms with Crippen molar-refractivity contribution in [1.29, 1.82) is 0 Å². The highest BCUT2D eigenvalue weighted by molar-refractivity contribution is 5.77. The largest absolute Gasteiger partial charge is 0.508 e. The molecule has 0 radical (unpaired) electrons. The first-order valence-electron chi connectivity index (χ1n) is 5.94. The van der Waals surface area contributed by atoms with Crippen LogP contribution in [0.5, 0.6) is 5.75 Å².